The van der Waals surface area contributed by atoms with Crippen molar-refractivity contribution in [1.29, 1.82) is 5.26 Å². The van der Waals surface area contributed by atoms with E-state index in [4.69, 9.17) is 11.0 Å². The van der Waals surface area contributed by atoms with Crippen LogP contribution in [0.25, 0.3) is 28.2 Å². The van der Waals surface area contributed by atoms with Crippen LogP contribution in [0, 0.1) is 18.3 Å². The molecule has 10 heteroatoms. The number of imidazole rings is 1. The fourth-order valence-corrected chi connectivity index (χ4v) is 5.86. The number of benzene rings is 2. The van der Waals surface area contributed by atoms with Crippen molar-refractivity contribution in [3.8, 4) is 28.6 Å². The number of nitrogens with one attached hydrogen (secondary N) is 1. The maximum atomic E-state index is 13.1. The molecule has 2 aromatic carbocycles. The Kier molecular flexibility index (Phi) is 6.22. The number of nitrogens with zero attached hydrogens (tertiary/aromatic N) is 4. The lowest BCUT2D eigenvalue weighted by Gasteiger charge is -2.26. The van der Waals surface area contributed by atoms with Gasteiger partial charge in [0.1, 0.15) is 0 Å². The summed E-state index contributed by atoms with van der Waals surface area (Å²) in [6.07, 6.45) is 5.65. The smallest absolute Gasteiger partial charge is 0.240 e. The molecule has 5 rings (SSSR count). The average molecular weight is 503 g/mol. The fraction of sp³-hybridized carbons (Fsp3) is 0.269. The minimum Gasteiger partial charge on any atom is -0.393 e. The number of aliphatic hydroxyl groups excluding tert-OH is 1. The molecule has 1 fully saturated rings. The van der Waals surface area contributed by atoms with E-state index in [-0.39, 0.29) is 22.9 Å². The highest BCUT2D eigenvalue weighted by atomic mass is 32.2. The third kappa shape index (κ3) is 4.68. The predicted octanol–water partition coefficient (Wildman–Crippen LogP) is 3.41. The van der Waals surface area contributed by atoms with Crippen LogP contribution < -0.4 is 10.5 Å². The standard InChI is InChI=1S/C26H26N6O3S/c1-16-2-11-21(36(34,35)31-19-7-9-20(33)10-8-19)12-22(16)24-15-32-14-23(29-25(28)26(32)30-24)18-5-3-17(13-27)4-6-18/h2-6,11-12,14-15,19-20,31,33H,7-10H2,1H3,(H2,28,29)/t19-,20-. The Morgan fingerprint density at radius 2 is 1.75 bits per heavy atom. The first kappa shape index (κ1) is 23.9. The van der Waals surface area contributed by atoms with Crippen molar-refractivity contribution in [1.82, 2.24) is 19.1 Å². The van der Waals surface area contributed by atoms with Gasteiger partial charge in [-0.15, -0.1) is 0 Å². The Balaban J connectivity index is 1.48. The molecule has 0 saturated heterocycles. The third-order valence-corrected chi connectivity index (χ3v) is 8.11. The SMILES string of the molecule is Cc1ccc(S(=O)(=O)N[C@H]2CC[C@H](O)CC2)cc1-c1cn2cc(-c3ccc(C#N)cc3)nc(N)c2n1. The van der Waals surface area contributed by atoms with Gasteiger partial charge in [0.2, 0.25) is 10.0 Å². The Labute approximate surface area is 209 Å². The van der Waals surface area contributed by atoms with Crippen LogP contribution in [0.5, 0.6) is 0 Å². The van der Waals surface area contributed by atoms with Crippen molar-refractivity contribution in [3.63, 3.8) is 0 Å². The molecule has 0 bridgehead atoms. The second kappa shape index (κ2) is 9.35. The first-order valence-corrected chi connectivity index (χ1v) is 13.2. The van der Waals surface area contributed by atoms with Crippen molar-refractivity contribution in [2.24, 2.45) is 0 Å². The summed E-state index contributed by atoms with van der Waals surface area (Å²) in [5.74, 6) is 0.241. The van der Waals surface area contributed by atoms with E-state index in [1.807, 2.05) is 19.1 Å². The molecule has 2 heterocycles. The Hall–Kier alpha value is -3.78. The number of aryl methyl sites for hydroxylation is 1. The number of rotatable bonds is 5. The summed E-state index contributed by atoms with van der Waals surface area (Å²) in [5, 5.41) is 18.7. The summed E-state index contributed by atoms with van der Waals surface area (Å²) in [4.78, 5) is 9.28. The topological polar surface area (TPSA) is 146 Å². The summed E-state index contributed by atoms with van der Waals surface area (Å²) in [6, 6.07) is 13.9. The molecule has 184 valence electrons. The van der Waals surface area contributed by atoms with Gasteiger partial charge in [0.25, 0.3) is 0 Å². The van der Waals surface area contributed by atoms with Crippen LogP contribution >= 0.6 is 0 Å². The second-order valence-electron chi connectivity index (χ2n) is 9.16. The lowest BCUT2D eigenvalue weighted by Crippen LogP contribution is -2.38. The van der Waals surface area contributed by atoms with Gasteiger partial charge in [-0.05, 0) is 62.4 Å². The minimum absolute atomic E-state index is 0.163. The molecule has 2 aromatic heterocycles. The van der Waals surface area contributed by atoms with Crippen LogP contribution in [0.1, 0.15) is 36.8 Å². The summed E-state index contributed by atoms with van der Waals surface area (Å²) < 4.78 is 30.8. The zero-order valence-electron chi connectivity index (χ0n) is 19.7. The number of fused-ring (bicyclic) bond motifs is 1. The Morgan fingerprint density at radius 1 is 1.06 bits per heavy atom. The third-order valence-electron chi connectivity index (χ3n) is 6.59. The van der Waals surface area contributed by atoms with Crippen LogP contribution in [0.2, 0.25) is 0 Å². The number of nitriles is 1. The summed E-state index contributed by atoms with van der Waals surface area (Å²) >= 11 is 0. The molecule has 0 radical (unpaired) electrons. The van der Waals surface area contributed by atoms with Gasteiger partial charge < -0.3 is 15.2 Å². The van der Waals surface area contributed by atoms with Gasteiger partial charge in [-0.2, -0.15) is 5.26 Å². The highest BCUT2D eigenvalue weighted by molar-refractivity contribution is 7.89. The molecule has 0 unspecified atom stereocenters. The van der Waals surface area contributed by atoms with E-state index < -0.39 is 10.0 Å². The number of aliphatic hydroxyl groups is 1. The maximum absolute atomic E-state index is 13.1. The number of sulfonamides is 1. The molecular weight excluding hydrogens is 476 g/mol. The van der Waals surface area contributed by atoms with E-state index in [2.05, 4.69) is 20.8 Å². The van der Waals surface area contributed by atoms with Gasteiger partial charge in [0.15, 0.2) is 11.5 Å². The normalized spacial score (nSPS) is 18.2. The Bertz CT molecular complexity index is 1580. The predicted molar refractivity (Wildman–Crippen MR) is 136 cm³/mol. The van der Waals surface area contributed by atoms with E-state index in [1.165, 1.54) is 0 Å². The molecule has 0 atom stereocenters. The molecule has 4 aromatic rings. The number of hydrogen-bond donors (Lipinski definition) is 3. The molecule has 0 amide bonds. The number of hydrogen-bond acceptors (Lipinski definition) is 7. The number of nitrogen functional groups attached to an aromatic ring is 1. The molecule has 1 saturated carbocycles. The molecule has 9 nitrogen and oxygen atoms in total. The first-order valence-electron chi connectivity index (χ1n) is 11.7. The van der Waals surface area contributed by atoms with Crippen LogP contribution in [-0.2, 0) is 10.0 Å². The fourth-order valence-electron chi connectivity index (χ4n) is 4.53. The lowest BCUT2D eigenvalue weighted by atomic mass is 9.94. The minimum atomic E-state index is -3.74. The quantitative estimate of drug-likeness (QED) is 0.379. The second-order valence-corrected chi connectivity index (χ2v) is 10.9. The lowest BCUT2D eigenvalue weighted by molar-refractivity contribution is 0.120. The molecule has 1 aliphatic carbocycles. The van der Waals surface area contributed by atoms with Crippen LogP contribution in [0.15, 0.2) is 59.8 Å². The first-order chi connectivity index (χ1) is 17.2. The van der Waals surface area contributed by atoms with Gasteiger partial charge in [-0.1, -0.05) is 18.2 Å². The highest BCUT2D eigenvalue weighted by Gasteiger charge is 2.25. The molecule has 0 aliphatic heterocycles. The van der Waals surface area contributed by atoms with Crippen LogP contribution in [0.4, 0.5) is 5.82 Å². The van der Waals surface area contributed by atoms with Gasteiger partial charge in [0, 0.05) is 29.6 Å². The molecular formula is C26H26N6O3S. The zero-order valence-corrected chi connectivity index (χ0v) is 20.5. The molecule has 0 spiro atoms. The highest BCUT2D eigenvalue weighted by Crippen LogP contribution is 2.29. The van der Waals surface area contributed by atoms with Crippen molar-refractivity contribution >= 4 is 21.5 Å². The van der Waals surface area contributed by atoms with E-state index in [0.29, 0.717) is 53.8 Å². The van der Waals surface area contributed by atoms with Crippen molar-refractivity contribution in [3.05, 3.63) is 66.0 Å². The van der Waals surface area contributed by atoms with Gasteiger partial charge in [-0.3, -0.25) is 0 Å². The summed E-state index contributed by atoms with van der Waals surface area (Å²) in [6.45, 7) is 1.90. The van der Waals surface area contributed by atoms with Crippen molar-refractivity contribution in [2.75, 3.05) is 5.73 Å². The molecule has 1 aliphatic rings. The van der Waals surface area contributed by atoms with E-state index in [0.717, 1.165) is 11.1 Å². The van der Waals surface area contributed by atoms with Gasteiger partial charge in [0.05, 0.1) is 34.0 Å². The Morgan fingerprint density at radius 3 is 2.44 bits per heavy atom. The van der Waals surface area contributed by atoms with Crippen LogP contribution in [-0.4, -0.2) is 40.0 Å². The van der Waals surface area contributed by atoms with E-state index >= 15 is 0 Å². The number of anilines is 1. The van der Waals surface area contributed by atoms with Gasteiger partial charge in [-0.25, -0.2) is 23.1 Å². The van der Waals surface area contributed by atoms with Crippen LogP contribution in [0.3, 0.4) is 0 Å². The molecule has 36 heavy (non-hydrogen) atoms. The zero-order chi connectivity index (χ0) is 25.4. The monoisotopic (exact) mass is 502 g/mol. The molecule has 4 N–H and O–H groups in total. The summed E-state index contributed by atoms with van der Waals surface area (Å²) in [5.41, 5.74) is 10.8. The van der Waals surface area contributed by atoms with Crippen molar-refractivity contribution in [2.45, 2.75) is 49.6 Å². The van der Waals surface area contributed by atoms with Gasteiger partial charge >= 0.3 is 0 Å². The van der Waals surface area contributed by atoms with Crippen molar-refractivity contribution < 1.29 is 13.5 Å². The van der Waals surface area contributed by atoms with E-state index in [1.54, 1.807) is 47.1 Å². The largest absolute Gasteiger partial charge is 0.393 e. The summed E-state index contributed by atoms with van der Waals surface area (Å²) in [7, 11) is -3.74. The average Bonchev–Trinajstić information content (AvgIpc) is 3.30. The number of aromatic nitrogens is 3. The van der Waals surface area contributed by atoms with E-state index in [9.17, 15) is 13.5 Å². The maximum Gasteiger partial charge on any atom is 0.240 e. The number of nitrogens with two attached hydrogens (primary N) is 1.